The van der Waals surface area contributed by atoms with E-state index in [1.165, 1.54) is 16.7 Å². The predicted molar refractivity (Wildman–Crippen MR) is 102 cm³/mol. The second-order valence-corrected chi connectivity index (χ2v) is 6.48. The number of fused-ring (bicyclic) bond motifs is 3. The summed E-state index contributed by atoms with van der Waals surface area (Å²) in [4.78, 5) is 24.3. The van der Waals surface area contributed by atoms with Crippen molar-refractivity contribution in [1.82, 2.24) is 4.57 Å². The lowest BCUT2D eigenvalue weighted by atomic mass is 9.83. The van der Waals surface area contributed by atoms with Crippen molar-refractivity contribution in [2.45, 2.75) is 5.92 Å². The highest BCUT2D eigenvalue weighted by molar-refractivity contribution is 5.89. The average molecular weight is 373 g/mol. The molecule has 0 bridgehead atoms. The van der Waals surface area contributed by atoms with Crippen LogP contribution in [0.1, 0.15) is 27.4 Å². The van der Waals surface area contributed by atoms with Gasteiger partial charge in [-0.25, -0.2) is 4.79 Å². The third-order valence-corrected chi connectivity index (χ3v) is 4.96. The van der Waals surface area contributed by atoms with Crippen LogP contribution >= 0.6 is 0 Å². The van der Waals surface area contributed by atoms with Gasteiger partial charge in [-0.2, -0.15) is 5.26 Å². The van der Waals surface area contributed by atoms with Gasteiger partial charge < -0.3 is 20.1 Å². The monoisotopic (exact) mass is 373 g/mol. The van der Waals surface area contributed by atoms with Crippen LogP contribution in [0.3, 0.4) is 0 Å². The van der Waals surface area contributed by atoms with E-state index in [4.69, 9.17) is 15.6 Å². The molecule has 1 atom stereocenters. The second-order valence-electron chi connectivity index (χ2n) is 6.48. The number of carboxylic acids is 1. The Bertz CT molecular complexity index is 1260. The first-order valence-electron chi connectivity index (χ1n) is 8.46. The number of nitrogens with two attached hydrogens (primary N) is 1. The van der Waals surface area contributed by atoms with Crippen molar-refractivity contribution in [3.8, 4) is 11.8 Å². The number of rotatable bonds is 2. The number of ether oxygens (including phenoxy) is 1. The molecule has 3 aromatic rings. The molecule has 1 aromatic heterocycles. The van der Waals surface area contributed by atoms with E-state index >= 15 is 0 Å². The smallest absolute Gasteiger partial charge is 0.335 e. The first-order chi connectivity index (χ1) is 13.4. The number of hydrogen-bond donors (Lipinski definition) is 2. The number of aryl methyl sites for hydroxylation is 1. The molecule has 28 heavy (non-hydrogen) atoms. The number of carbonyl (C=O) groups is 1. The second kappa shape index (κ2) is 6.28. The number of hydrogen-bond acceptors (Lipinski definition) is 5. The van der Waals surface area contributed by atoms with Gasteiger partial charge in [-0.05, 0) is 29.8 Å². The Balaban J connectivity index is 2.06. The Morgan fingerprint density at radius 2 is 1.89 bits per heavy atom. The van der Waals surface area contributed by atoms with Gasteiger partial charge in [0.05, 0.1) is 22.6 Å². The van der Waals surface area contributed by atoms with Gasteiger partial charge in [0, 0.05) is 12.4 Å². The molecule has 7 heteroatoms. The van der Waals surface area contributed by atoms with Crippen molar-refractivity contribution in [3.05, 3.63) is 87.0 Å². The van der Waals surface area contributed by atoms with Gasteiger partial charge in [-0.15, -0.1) is 0 Å². The third-order valence-electron chi connectivity index (χ3n) is 4.96. The topological polar surface area (TPSA) is 118 Å². The van der Waals surface area contributed by atoms with Crippen molar-refractivity contribution in [1.29, 1.82) is 5.26 Å². The lowest BCUT2D eigenvalue weighted by Crippen LogP contribution is -2.31. The summed E-state index contributed by atoms with van der Waals surface area (Å²) in [5.74, 6) is -1.56. The van der Waals surface area contributed by atoms with Crippen LogP contribution in [-0.2, 0) is 7.05 Å². The number of nitrogens with zero attached hydrogens (tertiary/aromatic N) is 2. The lowest BCUT2D eigenvalue weighted by Gasteiger charge is -2.27. The Morgan fingerprint density at radius 1 is 1.21 bits per heavy atom. The van der Waals surface area contributed by atoms with E-state index in [2.05, 4.69) is 0 Å². The summed E-state index contributed by atoms with van der Waals surface area (Å²) in [6, 6.07) is 15.3. The number of allylic oxidation sites excluding steroid dienone is 1. The summed E-state index contributed by atoms with van der Waals surface area (Å²) < 4.78 is 7.23. The fourth-order valence-corrected chi connectivity index (χ4v) is 3.58. The van der Waals surface area contributed by atoms with Gasteiger partial charge in [0.15, 0.2) is 0 Å². The molecule has 0 spiro atoms. The van der Waals surface area contributed by atoms with Crippen LogP contribution in [0.4, 0.5) is 0 Å². The van der Waals surface area contributed by atoms with E-state index in [9.17, 15) is 14.9 Å². The van der Waals surface area contributed by atoms with Crippen molar-refractivity contribution in [2.75, 3.05) is 0 Å². The van der Waals surface area contributed by atoms with Crippen molar-refractivity contribution >= 4 is 16.9 Å². The van der Waals surface area contributed by atoms with Gasteiger partial charge in [0.2, 0.25) is 5.88 Å². The number of carboxylic acid groups (broad SMARTS) is 1. The van der Waals surface area contributed by atoms with E-state index in [1.54, 1.807) is 25.2 Å². The molecule has 0 unspecified atom stereocenters. The molecule has 1 aliphatic rings. The van der Waals surface area contributed by atoms with Gasteiger partial charge in [0.1, 0.15) is 17.4 Å². The largest absolute Gasteiger partial charge is 0.478 e. The molecule has 0 amide bonds. The van der Waals surface area contributed by atoms with Crippen molar-refractivity contribution in [3.63, 3.8) is 0 Å². The number of benzene rings is 2. The zero-order valence-corrected chi connectivity index (χ0v) is 14.8. The maximum absolute atomic E-state index is 13.2. The lowest BCUT2D eigenvalue weighted by molar-refractivity contribution is 0.0697. The molecule has 0 saturated heterocycles. The van der Waals surface area contributed by atoms with Crippen LogP contribution in [0, 0.1) is 11.3 Å². The van der Waals surface area contributed by atoms with Crippen LogP contribution in [0.5, 0.6) is 5.75 Å². The summed E-state index contributed by atoms with van der Waals surface area (Å²) in [6.45, 7) is 0. The summed E-state index contributed by atoms with van der Waals surface area (Å²) in [5, 5.41) is 19.5. The van der Waals surface area contributed by atoms with Crippen LogP contribution in [-0.4, -0.2) is 15.6 Å². The molecule has 4 rings (SSSR count). The highest BCUT2D eigenvalue weighted by Gasteiger charge is 2.35. The Labute approximate surface area is 159 Å². The zero-order chi connectivity index (χ0) is 20.0. The van der Waals surface area contributed by atoms with E-state index in [0.717, 1.165) is 0 Å². The van der Waals surface area contributed by atoms with Gasteiger partial charge in [-0.1, -0.05) is 24.3 Å². The van der Waals surface area contributed by atoms with Gasteiger partial charge in [0.25, 0.3) is 5.56 Å². The molecule has 138 valence electrons. The minimum atomic E-state index is -1.06. The summed E-state index contributed by atoms with van der Waals surface area (Å²) in [7, 11) is 1.66. The fourth-order valence-electron chi connectivity index (χ4n) is 3.58. The number of para-hydroxylation sites is 1. The normalized spacial score (nSPS) is 15.6. The van der Waals surface area contributed by atoms with Crippen LogP contribution in [0.25, 0.3) is 10.9 Å². The highest BCUT2D eigenvalue weighted by atomic mass is 16.5. The molecule has 0 fully saturated rings. The molecule has 3 N–H and O–H groups in total. The number of aromatic carboxylic acids is 1. The first-order valence-corrected chi connectivity index (χ1v) is 8.46. The number of pyridine rings is 1. The van der Waals surface area contributed by atoms with Crippen molar-refractivity contribution < 1.29 is 14.6 Å². The first kappa shape index (κ1) is 17.4. The van der Waals surface area contributed by atoms with Gasteiger partial charge >= 0.3 is 5.97 Å². The average Bonchev–Trinajstić information content (AvgIpc) is 2.71. The SMILES string of the molecule is Cn1c(=O)c2c(c3ccccc31)OC(N)=C(C#N)[C@H]2c1ccc(C(=O)O)cc1. The standard InChI is InChI=1S/C21H15N3O4/c1-24-15-5-3-2-4-13(15)18-17(20(24)25)16(14(10-22)19(23)28-18)11-6-8-12(9-7-11)21(26)27/h2-9,16H,23H2,1H3,(H,26,27)/t16-/m1/s1. The summed E-state index contributed by atoms with van der Waals surface area (Å²) in [6.07, 6.45) is 0. The Hall–Kier alpha value is -4.05. The molecule has 0 radical (unpaired) electrons. The van der Waals surface area contributed by atoms with Crippen LogP contribution < -0.4 is 16.0 Å². The molecular weight excluding hydrogens is 358 g/mol. The molecule has 7 nitrogen and oxygen atoms in total. The van der Waals surface area contributed by atoms with E-state index < -0.39 is 11.9 Å². The zero-order valence-electron chi connectivity index (χ0n) is 14.8. The van der Waals surface area contributed by atoms with E-state index in [0.29, 0.717) is 27.8 Å². The molecule has 0 aliphatic carbocycles. The quantitative estimate of drug-likeness (QED) is 0.712. The molecular formula is C21H15N3O4. The van der Waals surface area contributed by atoms with E-state index in [-0.39, 0.29) is 22.6 Å². The molecule has 2 heterocycles. The Morgan fingerprint density at radius 3 is 2.54 bits per heavy atom. The van der Waals surface area contributed by atoms with Crippen LogP contribution in [0.2, 0.25) is 0 Å². The summed E-state index contributed by atoms with van der Waals surface area (Å²) >= 11 is 0. The fraction of sp³-hybridized carbons (Fsp3) is 0.0952. The highest BCUT2D eigenvalue weighted by Crippen LogP contribution is 2.43. The van der Waals surface area contributed by atoms with Crippen LogP contribution in [0.15, 0.2) is 64.8 Å². The summed E-state index contributed by atoms with van der Waals surface area (Å²) in [5.41, 5.74) is 7.51. The molecule has 0 saturated carbocycles. The minimum absolute atomic E-state index is 0.0688. The minimum Gasteiger partial charge on any atom is -0.478 e. The Kier molecular flexibility index (Phi) is 3.90. The maximum Gasteiger partial charge on any atom is 0.335 e. The third kappa shape index (κ3) is 2.43. The van der Waals surface area contributed by atoms with Crippen molar-refractivity contribution in [2.24, 2.45) is 12.8 Å². The number of aromatic nitrogens is 1. The maximum atomic E-state index is 13.2. The van der Waals surface area contributed by atoms with E-state index in [1.807, 2.05) is 24.3 Å². The molecule has 2 aromatic carbocycles. The van der Waals surface area contributed by atoms with Gasteiger partial charge in [-0.3, -0.25) is 4.79 Å². The molecule has 1 aliphatic heterocycles. The number of nitriles is 1. The predicted octanol–water partition coefficient (Wildman–Crippen LogP) is 2.45.